The fourth-order valence-corrected chi connectivity index (χ4v) is 4.40. The number of sulfonamides is 1. The highest BCUT2D eigenvalue weighted by atomic mass is 35.5. The minimum atomic E-state index is -3.72. The topological polar surface area (TPSA) is 66.5 Å². The van der Waals surface area contributed by atoms with Crippen molar-refractivity contribution in [2.24, 2.45) is 0 Å². The van der Waals surface area contributed by atoms with Crippen LogP contribution in [0.5, 0.6) is 0 Å². The number of nitrogens with zero attached hydrogens (tertiary/aromatic N) is 1. The van der Waals surface area contributed by atoms with Crippen molar-refractivity contribution in [2.45, 2.75) is 25.7 Å². The molecule has 0 fully saturated rings. The Labute approximate surface area is 157 Å². The summed E-state index contributed by atoms with van der Waals surface area (Å²) in [7, 11) is -3.72. The smallest absolute Gasteiger partial charge is 0.255 e. The van der Waals surface area contributed by atoms with Gasteiger partial charge in [-0.15, -0.1) is 0 Å². The number of amides is 1. The van der Waals surface area contributed by atoms with Crippen LogP contribution in [-0.4, -0.2) is 31.7 Å². The summed E-state index contributed by atoms with van der Waals surface area (Å²) >= 11 is 5.70. The second kappa shape index (κ2) is 8.16. The lowest BCUT2D eigenvalue weighted by Crippen LogP contribution is -2.31. The van der Waals surface area contributed by atoms with E-state index in [1.54, 1.807) is 26.8 Å². The van der Waals surface area contributed by atoms with Crippen molar-refractivity contribution in [3.05, 3.63) is 58.4 Å². The average molecular weight is 399 g/mol. The van der Waals surface area contributed by atoms with Crippen molar-refractivity contribution in [1.82, 2.24) is 4.31 Å². The lowest BCUT2D eigenvalue weighted by molar-refractivity contribution is 0.102. The molecule has 2 rings (SSSR count). The van der Waals surface area contributed by atoms with Gasteiger partial charge in [-0.05, 0) is 36.8 Å². The molecule has 1 amide bonds. The number of rotatable bonds is 6. The molecule has 0 atom stereocenters. The van der Waals surface area contributed by atoms with Gasteiger partial charge in [0, 0.05) is 18.7 Å². The summed E-state index contributed by atoms with van der Waals surface area (Å²) in [6.07, 6.45) is 0. The lowest BCUT2D eigenvalue weighted by atomic mass is 10.1. The second-order valence-electron chi connectivity index (χ2n) is 5.63. The third-order valence-corrected chi connectivity index (χ3v) is 6.46. The van der Waals surface area contributed by atoms with Crippen LogP contribution in [0.2, 0.25) is 5.02 Å². The molecule has 0 radical (unpaired) electrons. The summed E-state index contributed by atoms with van der Waals surface area (Å²) in [5, 5.41) is 2.30. The van der Waals surface area contributed by atoms with Gasteiger partial charge in [0.15, 0.2) is 5.82 Å². The Morgan fingerprint density at radius 1 is 1.19 bits per heavy atom. The van der Waals surface area contributed by atoms with E-state index in [2.05, 4.69) is 5.32 Å². The average Bonchev–Trinajstić information content (AvgIpc) is 2.60. The first kappa shape index (κ1) is 20.4. The van der Waals surface area contributed by atoms with Crippen LogP contribution >= 0.6 is 11.6 Å². The Morgan fingerprint density at radius 3 is 2.46 bits per heavy atom. The molecule has 8 heteroatoms. The van der Waals surface area contributed by atoms with Crippen LogP contribution in [-0.2, 0) is 10.0 Å². The molecule has 0 saturated heterocycles. The summed E-state index contributed by atoms with van der Waals surface area (Å²) in [4.78, 5) is 12.5. The summed E-state index contributed by atoms with van der Waals surface area (Å²) in [5.41, 5.74) is 0.569. The minimum absolute atomic E-state index is 0.0559. The van der Waals surface area contributed by atoms with Crippen LogP contribution in [0.3, 0.4) is 0 Å². The Morgan fingerprint density at radius 2 is 1.85 bits per heavy atom. The van der Waals surface area contributed by atoms with Crippen LogP contribution in [0.25, 0.3) is 0 Å². The molecule has 0 bridgehead atoms. The van der Waals surface area contributed by atoms with Crippen LogP contribution in [0.4, 0.5) is 10.1 Å². The van der Waals surface area contributed by atoms with E-state index in [9.17, 15) is 17.6 Å². The molecule has 0 aliphatic rings. The molecule has 0 heterocycles. The number of aryl methyl sites for hydroxylation is 1. The first-order valence-electron chi connectivity index (χ1n) is 8.08. The van der Waals surface area contributed by atoms with E-state index in [0.717, 1.165) is 0 Å². The van der Waals surface area contributed by atoms with Gasteiger partial charge in [-0.2, -0.15) is 4.31 Å². The highest BCUT2D eigenvalue weighted by molar-refractivity contribution is 7.89. The summed E-state index contributed by atoms with van der Waals surface area (Å²) in [6, 6.07) is 8.61. The van der Waals surface area contributed by atoms with Crippen molar-refractivity contribution >= 4 is 33.2 Å². The largest absolute Gasteiger partial charge is 0.319 e. The maximum atomic E-state index is 14.0. The molecule has 5 nitrogen and oxygen atoms in total. The zero-order valence-corrected chi connectivity index (χ0v) is 16.3. The van der Waals surface area contributed by atoms with Gasteiger partial charge < -0.3 is 5.32 Å². The first-order valence-corrected chi connectivity index (χ1v) is 9.90. The van der Waals surface area contributed by atoms with Gasteiger partial charge in [-0.25, -0.2) is 12.8 Å². The van der Waals surface area contributed by atoms with Crippen LogP contribution in [0.15, 0.2) is 41.3 Å². The molecule has 2 aromatic rings. The third kappa shape index (κ3) is 4.06. The molecule has 26 heavy (non-hydrogen) atoms. The van der Waals surface area contributed by atoms with Crippen molar-refractivity contribution in [2.75, 3.05) is 18.4 Å². The Balaban J connectivity index is 2.40. The molecule has 2 aromatic carbocycles. The Hall–Kier alpha value is -1.96. The van der Waals surface area contributed by atoms with E-state index in [0.29, 0.717) is 18.7 Å². The molecular weight excluding hydrogens is 379 g/mol. The van der Waals surface area contributed by atoms with Crippen LogP contribution < -0.4 is 5.32 Å². The standard InChI is InChI=1S/C18H20ClFN2O3S/c1-4-22(5-2)26(24,25)16-11-13(10-9-12(16)3)18(23)21-15-8-6-7-14(19)17(15)20/h6-11H,4-5H2,1-3H3,(H,21,23). The number of halogens is 2. The number of carbonyl (C=O) groups is 1. The molecule has 0 aromatic heterocycles. The third-order valence-electron chi connectivity index (χ3n) is 3.97. The molecular formula is C18H20ClFN2O3S. The summed E-state index contributed by atoms with van der Waals surface area (Å²) < 4.78 is 40.8. The molecule has 140 valence electrons. The van der Waals surface area contributed by atoms with Gasteiger partial charge >= 0.3 is 0 Å². The predicted molar refractivity (Wildman–Crippen MR) is 101 cm³/mol. The molecule has 1 N–H and O–H groups in total. The Bertz CT molecular complexity index is 928. The molecule has 0 aliphatic carbocycles. The number of carbonyl (C=O) groups excluding carboxylic acids is 1. The fourth-order valence-electron chi connectivity index (χ4n) is 2.52. The van der Waals surface area contributed by atoms with E-state index in [1.165, 1.54) is 34.6 Å². The van der Waals surface area contributed by atoms with E-state index >= 15 is 0 Å². The number of benzene rings is 2. The predicted octanol–water partition coefficient (Wildman–Crippen LogP) is 4.07. The molecule has 0 unspecified atom stereocenters. The summed E-state index contributed by atoms with van der Waals surface area (Å²) in [5.74, 6) is -1.37. The van der Waals surface area contributed by atoms with Gasteiger partial charge in [0.1, 0.15) is 0 Å². The quantitative estimate of drug-likeness (QED) is 0.797. The van der Waals surface area contributed by atoms with E-state index in [4.69, 9.17) is 11.6 Å². The number of nitrogens with one attached hydrogen (secondary N) is 1. The lowest BCUT2D eigenvalue weighted by Gasteiger charge is -2.20. The van der Waals surface area contributed by atoms with Crippen molar-refractivity contribution in [3.63, 3.8) is 0 Å². The van der Waals surface area contributed by atoms with Gasteiger partial charge in [0.2, 0.25) is 10.0 Å². The monoisotopic (exact) mass is 398 g/mol. The van der Waals surface area contributed by atoms with E-state index in [1.807, 2.05) is 0 Å². The number of hydrogen-bond donors (Lipinski definition) is 1. The maximum absolute atomic E-state index is 14.0. The van der Waals surface area contributed by atoms with Crippen molar-refractivity contribution in [3.8, 4) is 0 Å². The second-order valence-corrected chi connectivity index (χ2v) is 7.94. The Kier molecular flexibility index (Phi) is 6.39. The van der Waals surface area contributed by atoms with E-state index < -0.39 is 21.7 Å². The van der Waals surface area contributed by atoms with Crippen molar-refractivity contribution < 1.29 is 17.6 Å². The SMILES string of the molecule is CCN(CC)S(=O)(=O)c1cc(C(=O)Nc2cccc(Cl)c2F)ccc1C. The van der Waals surface area contributed by atoms with Gasteiger partial charge in [0.05, 0.1) is 15.6 Å². The first-order chi connectivity index (χ1) is 12.2. The maximum Gasteiger partial charge on any atom is 0.255 e. The van der Waals surface area contributed by atoms with Gasteiger partial charge in [-0.3, -0.25) is 4.79 Å². The van der Waals surface area contributed by atoms with Gasteiger partial charge in [0.25, 0.3) is 5.91 Å². The molecule has 0 aliphatic heterocycles. The molecule has 0 spiro atoms. The van der Waals surface area contributed by atoms with Crippen LogP contribution in [0, 0.1) is 12.7 Å². The van der Waals surface area contributed by atoms with Crippen molar-refractivity contribution in [1.29, 1.82) is 0 Å². The number of anilines is 1. The minimum Gasteiger partial charge on any atom is -0.319 e. The van der Waals surface area contributed by atoms with E-state index in [-0.39, 0.29) is 21.2 Å². The number of hydrogen-bond acceptors (Lipinski definition) is 3. The highest BCUT2D eigenvalue weighted by Gasteiger charge is 2.25. The normalized spacial score (nSPS) is 11.6. The van der Waals surface area contributed by atoms with Crippen LogP contribution in [0.1, 0.15) is 29.8 Å². The summed E-state index contributed by atoms with van der Waals surface area (Å²) in [6.45, 7) is 5.79. The zero-order chi connectivity index (χ0) is 19.5. The zero-order valence-electron chi connectivity index (χ0n) is 14.7. The highest BCUT2D eigenvalue weighted by Crippen LogP contribution is 2.24. The van der Waals surface area contributed by atoms with Gasteiger partial charge in [-0.1, -0.05) is 37.6 Å². The molecule has 0 saturated carbocycles. The fraction of sp³-hybridized carbons (Fsp3) is 0.278.